The van der Waals surface area contributed by atoms with E-state index in [0.717, 1.165) is 18.2 Å². The molecule has 2 aromatic rings. The molecule has 1 aliphatic carbocycles. The Kier molecular flexibility index (Phi) is 3.58. The zero-order chi connectivity index (χ0) is 14.1. The number of nitrogens with two attached hydrogens (primary N) is 1. The standard InChI is InChI=1S/C14H19N5S/c1-8-5-11(20-9(8)2)7-16-12-6-13(19-15)18-14(17-12)10-3-4-10/h5-6,10H,3-4,7,15H2,1-2H3,(H2,16,17,18,19). The van der Waals surface area contributed by atoms with Crippen LogP contribution in [0.25, 0.3) is 0 Å². The Balaban J connectivity index is 1.74. The molecule has 0 atom stereocenters. The van der Waals surface area contributed by atoms with Crippen LogP contribution in [-0.2, 0) is 6.54 Å². The number of hydrogen-bond acceptors (Lipinski definition) is 6. The first-order valence-electron chi connectivity index (χ1n) is 6.81. The minimum atomic E-state index is 0.509. The maximum Gasteiger partial charge on any atom is 0.145 e. The second kappa shape index (κ2) is 5.38. The van der Waals surface area contributed by atoms with Gasteiger partial charge in [-0.25, -0.2) is 15.8 Å². The number of rotatable bonds is 5. The lowest BCUT2D eigenvalue weighted by atomic mass is 10.3. The summed E-state index contributed by atoms with van der Waals surface area (Å²) < 4.78 is 0. The molecule has 0 radical (unpaired) electrons. The van der Waals surface area contributed by atoms with Crippen molar-refractivity contribution in [1.82, 2.24) is 9.97 Å². The quantitative estimate of drug-likeness (QED) is 0.583. The number of hydrazine groups is 1. The van der Waals surface area contributed by atoms with Gasteiger partial charge in [0.2, 0.25) is 0 Å². The fourth-order valence-electron chi connectivity index (χ4n) is 2.07. The van der Waals surface area contributed by atoms with E-state index in [4.69, 9.17) is 5.84 Å². The number of hydrogen-bond donors (Lipinski definition) is 3. The second-order valence-corrected chi connectivity index (χ2v) is 6.56. The van der Waals surface area contributed by atoms with Crippen LogP contribution in [0.15, 0.2) is 12.1 Å². The van der Waals surface area contributed by atoms with Crippen molar-refractivity contribution in [3.8, 4) is 0 Å². The van der Waals surface area contributed by atoms with Crippen LogP contribution in [-0.4, -0.2) is 9.97 Å². The number of nitrogen functional groups attached to an aromatic ring is 1. The Labute approximate surface area is 122 Å². The van der Waals surface area contributed by atoms with Crippen LogP contribution in [0.4, 0.5) is 11.6 Å². The third-order valence-electron chi connectivity index (χ3n) is 3.49. The van der Waals surface area contributed by atoms with Gasteiger partial charge < -0.3 is 10.7 Å². The van der Waals surface area contributed by atoms with Gasteiger partial charge in [-0.15, -0.1) is 11.3 Å². The van der Waals surface area contributed by atoms with Crippen molar-refractivity contribution in [2.75, 3.05) is 10.7 Å². The summed E-state index contributed by atoms with van der Waals surface area (Å²) in [6.07, 6.45) is 2.35. The predicted molar refractivity (Wildman–Crippen MR) is 82.9 cm³/mol. The summed E-state index contributed by atoms with van der Waals surface area (Å²) in [6, 6.07) is 4.07. The number of nitrogens with one attached hydrogen (secondary N) is 2. The van der Waals surface area contributed by atoms with Gasteiger partial charge in [0.15, 0.2) is 0 Å². The van der Waals surface area contributed by atoms with Crippen LogP contribution in [0, 0.1) is 13.8 Å². The highest BCUT2D eigenvalue weighted by molar-refractivity contribution is 7.12. The van der Waals surface area contributed by atoms with Gasteiger partial charge in [-0.1, -0.05) is 0 Å². The zero-order valence-electron chi connectivity index (χ0n) is 11.7. The molecule has 0 spiro atoms. The molecule has 1 aliphatic rings. The van der Waals surface area contributed by atoms with Gasteiger partial charge in [-0.2, -0.15) is 0 Å². The largest absolute Gasteiger partial charge is 0.365 e. The van der Waals surface area contributed by atoms with Crippen molar-refractivity contribution >= 4 is 23.0 Å². The molecule has 0 saturated heterocycles. The molecule has 20 heavy (non-hydrogen) atoms. The number of aromatic nitrogens is 2. The maximum absolute atomic E-state index is 5.47. The third-order valence-corrected chi connectivity index (χ3v) is 4.65. The molecule has 1 saturated carbocycles. The molecule has 0 amide bonds. The normalized spacial score (nSPS) is 14.3. The van der Waals surface area contributed by atoms with Gasteiger partial charge in [0, 0.05) is 21.7 Å². The maximum atomic E-state index is 5.47. The molecule has 3 rings (SSSR count). The Morgan fingerprint density at radius 2 is 2.00 bits per heavy atom. The minimum Gasteiger partial charge on any atom is -0.365 e. The van der Waals surface area contributed by atoms with E-state index in [-0.39, 0.29) is 0 Å². The molecule has 0 unspecified atom stereocenters. The average Bonchev–Trinajstić information content (AvgIpc) is 3.24. The molecule has 6 heteroatoms. The molecule has 0 bridgehead atoms. The molecular formula is C14H19N5S. The number of aryl methyl sites for hydroxylation is 2. The Morgan fingerprint density at radius 3 is 2.60 bits per heavy atom. The van der Waals surface area contributed by atoms with Crippen molar-refractivity contribution in [3.63, 3.8) is 0 Å². The fraction of sp³-hybridized carbons (Fsp3) is 0.429. The highest BCUT2D eigenvalue weighted by Crippen LogP contribution is 2.38. The fourth-order valence-corrected chi connectivity index (χ4v) is 3.06. The van der Waals surface area contributed by atoms with E-state index in [1.54, 1.807) is 0 Å². The van der Waals surface area contributed by atoms with Gasteiger partial charge in [0.05, 0.1) is 6.54 Å². The van der Waals surface area contributed by atoms with Crippen molar-refractivity contribution < 1.29 is 0 Å². The Hall–Kier alpha value is -1.66. The highest BCUT2D eigenvalue weighted by Gasteiger charge is 2.27. The molecule has 0 aromatic carbocycles. The van der Waals surface area contributed by atoms with Crippen molar-refractivity contribution in [2.24, 2.45) is 5.84 Å². The summed E-state index contributed by atoms with van der Waals surface area (Å²) in [7, 11) is 0. The lowest BCUT2D eigenvalue weighted by molar-refractivity contribution is 0.921. The van der Waals surface area contributed by atoms with Gasteiger partial charge >= 0.3 is 0 Å². The third kappa shape index (κ3) is 2.91. The Bertz CT molecular complexity index is 599. The molecule has 5 nitrogen and oxygen atoms in total. The second-order valence-electron chi connectivity index (χ2n) is 5.22. The van der Waals surface area contributed by atoms with Gasteiger partial charge in [-0.3, -0.25) is 0 Å². The summed E-state index contributed by atoms with van der Waals surface area (Å²) in [5, 5.41) is 3.36. The van der Waals surface area contributed by atoms with Crippen molar-refractivity contribution in [3.05, 3.63) is 33.3 Å². The van der Waals surface area contributed by atoms with Gasteiger partial charge in [0.1, 0.15) is 17.5 Å². The van der Waals surface area contributed by atoms with E-state index in [1.165, 1.54) is 28.2 Å². The minimum absolute atomic E-state index is 0.509. The lowest BCUT2D eigenvalue weighted by Crippen LogP contribution is -2.12. The van der Waals surface area contributed by atoms with Crippen LogP contribution in [0.5, 0.6) is 0 Å². The summed E-state index contributed by atoms with van der Waals surface area (Å²) in [5.74, 6) is 8.37. The first kappa shape index (κ1) is 13.3. The van der Waals surface area contributed by atoms with Gasteiger partial charge in [-0.05, 0) is 38.3 Å². The number of nitrogens with zero attached hydrogens (tertiary/aromatic N) is 2. The van der Waals surface area contributed by atoms with Crippen LogP contribution >= 0.6 is 11.3 Å². The van der Waals surface area contributed by atoms with Crippen LogP contribution in [0.3, 0.4) is 0 Å². The summed E-state index contributed by atoms with van der Waals surface area (Å²) in [4.78, 5) is 11.7. The molecule has 106 valence electrons. The average molecular weight is 289 g/mol. The SMILES string of the molecule is Cc1cc(CNc2cc(NN)nc(C3CC3)n2)sc1C. The molecule has 2 heterocycles. The predicted octanol–water partition coefficient (Wildman–Crippen LogP) is 2.93. The molecule has 2 aromatic heterocycles. The topological polar surface area (TPSA) is 75.9 Å². The summed E-state index contributed by atoms with van der Waals surface area (Å²) in [6.45, 7) is 5.07. The smallest absolute Gasteiger partial charge is 0.145 e. The lowest BCUT2D eigenvalue weighted by Gasteiger charge is -2.08. The van der Waals surface area contributed by atoms with E-state index in [9.17, 15) is 0 Å². The Morgan fingerprint density at radius 1 is 1.25 bits per heavy atom. The van der Waals surface area contributed by atoms with E-state index in [2.05, 4.69) is 40.6 Å². The molecule has 0 aliphatic heterocycles. The summed E-state index contributed by atoms with van der Waals surface area (Å²) in [5.41, 5.74) is 3.96. The van der Waals surface area contributed by atoms with Crippen molar-refractivity contribution in [1.29, 1.82) is 0 Å². The monoisotopic (exact) mass is 289 g/mol. The van der Waals surface area contributed by atoms with Crippen molar-refractivity contribution in [2.45, 2.75) is 39.2 Å². The molecular weight excluding hydrogens is 270 g/mol. The van der Waals surface area contributed by atoms with E-state index >= 15 is 0 Å². The summed E-state index contributed by atoms with van der Waals surface area (Å²) >= 11 is 1.82. The molecule has 1 fully saturated rings. The van der Waals surface area contributed by atoms with Crippen LogP contribution < -0.4 is 16.6 Å². The van der Waals surface area contributed by atoms with Gasteiger partial charge in [0.25, 0.3) is 0 Å². The van der Waals surface area contributed by atoms with E-state index in [1.807, 2.05) is 17.4 Å². The first-order valence-corrected chi connectivity index (χ1v) is 7.62. The van der Waals surface area contributed by atoms with Crippen LogP contribution in [0.1, 0.15) is 39.9 Å². The highest BCUT2D eigenvalue weighted by atomic mass is 32.1. The first-order chi connectivity index (χ1) is 9.65. The van der Waals surface area contributed by atoms with E-state index < -0.39 is 0 Å². The van der Waals surface area contributed by atoms with Crippen LogP contribution in [0.2, 0.25) is 0 Å². The molecule has 4 N–H and O–H groups in total. The number of anilines is 2. The number of thiophene rings is 1. The van der Waals surface area contributed by atoms with E-state index in [0.29, 0.717) is 11.7 Å². The zero-order valence-corrected chi connectivity index (χ0v) is 12.5.